The molecule has 1 atom stereocenters. The van der Waals surface area contributed by atoms with Gasteiger partial charge in [-0.1, -0.05) is 18.2 Å². The molecule has 2 N–H and O–H groups in total. The summed E-state index contributed by atoms with van der Waals surface area (Å²) in [6, 6.07) is 14.5. The third-order valence-electron chi connectivity index (χ3n) is 4.95. The zero-order valence-electron chi connectivity index (χ0n) is 18.0. The van der Waals surface area contributed by atoms with Crippen LogP contribution in [0.5, 0.6) is 17.2 Å². The summed E-state index contributed by atoms with van der Waals surface area (Å²) in [7, 11) is 7.62. The number of fused-ring (bicyclic) bond motifs is 1. The van der Waals surface area contributed by atoms with Gasteiger partial charge < -0.3 is 29.7 Å². The van der Waals surface area contributed by atoms with Gasteiger partial charge in [0.25, 0.3) is 0 Å². The second-order valence-electron chi connectivity index (χ2n) is 7.07. The first-order valence-corrected chi connectivity index (χ1v) is 9.74. The largest absolute Gasteiger partial charge is 0.497 e. The van der Waals surface area contributed by atoms with Crippen LogP contribution in [0.15, 0.2) is 47.5 Å². The Bertz CT molecular complexity index is 828. The van der Waals surface area contributed by atoms with E-state index in [0.29, 0.717) is 6.79 Å². The van der Waals surface area contributed by atoms with Gasteiger partial charge in [0.05, 0.1) is 13.2 Å². The molecule has 0 radical (unpaired) electrons. The summed E-state index contributed by atoms with van der Waals surface area (Å²) in [6.45, 7) is 1.81. The van der Waals surface area contributed by atoms with E-state index in [4.69, 9.17) is 14.2 Å². The normalized spacial score (nSPS) is 13.6. The SMILES string of the molecule is CN=C(NCCc1ccc2c(c1)OCO2)NCC(c1ccc(OC)cc1)N(C)C.I. The average molecular weight is 526 g/mol. The number of halogens is 1. The molecule has 2 aromatic carbocycles. The lowest BCUT2D eigenvalue weighted by Gasteiger charge is -2.26. The number of rotatable bonds is 8. The van der Waals surface area contributed by atoms with Gasteiger partial charge in [-0.25, -0.2) is 0 Å². The van der Waals surface area contributed by atoms with E-state index in [-0.39, 0.29) is 30.0 Å². The molecule has 1 unspecified atom stereocenters. The summed E-state index contributed by atoms with van der Waals surface area (Å²) in [5.41, 5.74) is 2.42. The standard InChI is InChI=1S/C22H30N4O3.HI/c1-23-22(24-12-11-16-5-10-20-21(13-16)29-15-28-20)25-14-19(26(2)3)17-6-8-18(27-4)9-7-17;/h5-10,13,19H,11-12,14-15H2,1-4H3,(H2,23,24,25);1H. The number of guanidine groups is 1. The van der Waals surface area contributed by atoms with Crippen LogP contribution in [0.4, 0.5) is 0 Å². The van der Waals surface area contributed by atoms with Gasteiger partial charge in [0.2, 0.25) is 6.79 Å². The van der Waals surface area contributed by atoms with Crippen LogP contribution in [0, 0.1) is 0 Å². The molecule has 30 heavy (non-hydrogen) atoms. The highest BCUT2D eigenvalue weighted by Crippen LogP contribution is 2.32. The van der Waals surface area contributed by atoms with E-state index in [1.165, 1.54) is 11.1 Å². The van der Waals surface area contributed by atoms with Gasteiger partial charge in [0.15, 0.2) is 17.5 Å². The van der Waals surface area contributed by atoms with Crippen molar-refractivity contribution in [3.63, 3.8) is 0 Å². The highest BCUT2D eigenvalue weighted by molar-refractivity contribution is 14.0. The number of hydrogen-bond donors (Lipinski definition) is 2. The van der Waals surface area contributed by atoms with Crippen molar-refractivity contribution in [2.45, 2.75) is 12.5 Å². The van der Waals surface area contributed by atoms with Gasteiger partial charge in [0.1, 0.15) is 5.75 Å². The second-order valence-corrected chi connectivity index (χ2v) is 7.07. The molecule has 0 saturated carbocycles. The van der Waals surface area contributed by atoms with Gasteiger partial charge in [-0.05, 0) is 55.9 Å². The Morgan fingerprint density at radius 2 is 1.83 bits per heavy atom. The van der Waals surface area contributed by atoms with Crippen molar-refractivity contribution in [3.8, 4) is 17.2 Å². The first-order valence-electron chi connectivity index (χ1n) is 9.74. The van der Waals surface area contributed by atoms with E-state index in [1.807, 2.05) is 24.3 Å². The predicted molar refractivity (Wildman–Crippen MR) is 130 cm³/mol. The van der Waals surface area contributed by atoms with Crippen molar-refractivity contribution in [3.05, 3.63) is 53.6 Å². The van der Waals surface area contributed by atoms with Crippen LogP contribution in [0.3, 0.4) is 0 Å². The Kier molecular flexibility index (Phi) is 9.51. The Morgan fingerprint density at radius 1 is 1.10 bits per heavy atom. The maximum atomic E-state index is 5.44. The molecule has 0 amide bonds. The number of aliphatic imine (C=N–C) groups is 1. The van der Waals surface area contributed by atoms with Crippen molar-refractivity contribution >= 4 is 29.9 Å². The van der Waals surface area contributed by atoms with E-state index in [0.717, 1.165) is 42.7 Å². The third-order valence-corrected chi connectivity index (χ3v) is 4.95. The van der Waals surface area contributed by atoms with Gasteiger partial charge in [-0.3, -0.25) is 4.99 Å². The minimum atomic E-state index is 0. The minimum Gasteiger partial charge on any atom is -0.497 e. The summed E-state index contributed by atoms with van der Waals surface area (Å²) >= 11 is 0. The van der Waals surface area contributed by atoms with Crippen LogP contribution < -0.4 is 24.8 Å². The average Bonchev–Trinajstić information content (AvgIpc) is 3.20. The van der Waals surface area contributed by atoms with E-state index in [2.05, 4.69) is 52.8 Å². The number of ether oxygens (including phenoxy) is 3. The minimum absolute atomic E-state index is 0. The fourth-order valence-electron chi connectivity index (χ4n) is 3.26. The van der Waals surface area contributed by atoms with Gasteiger partial charge in [-0.15, -0.1) is 24.0 Å². The van der Waals surface area contributed by atoms with Crippen molar-refractivity contribution in [1.82, 2.24) is 15.5 Å². The highest BCUT2D eigenvalue weighted by atomic mass is 127. The van der Waals surface area contributed by atoms with Crippen molar-refractivity contribution in [2.75, 3.05) is 48.1 Å². The molecule has 2 aromatic rings. The monoisotopic (exact) mass is 526 g/mol. The number of likely N-dealkylation sites (N-methyl/N-ethyl adjacent to an activating group) is 1. The number of nitrogens with zero attached hydrogens (tertiary/aromatic N) is 2. The first-order chi connectivity index (χ1) is 14.1. The lowest BCUT2D eigenvalue weighted by Crippen LogP contribution is -2.42. The van der Waals surface area contributed by atoms with Crippen molar-refractivity contribution in [1.29, 1.82) is 0 Å². The molecule has 0 bridgehead atoms. The molecule has 1 aliphatic rings. The first kappa shape index (κ1) is 24.1. The molecule has 0 spiro atoms. The van der Waals surface area contributed by atoms with Gasteiger partial charge >= 0.3 is 0 Å². The maximum absolute atomic E-state index is 5.44. The van der Waals surface area contributed by atoms with Gasteiger partial charge in [-0.2, -0.15) is 0 Å². The fourth-order valence-corrected chi connectivity index (χ4v) is 3.26. The van der Waals surface area contributed by atoms with E-state index >= 15 is 0 Å². The topological polar surface area (TPSA) is 67.4 Å². The Morgan fingerprint density at radius 3 is 2.50 bits per heavy atom. The number of benzene rings is 2. The van der Waals surface area contributed by atoms with E-state index in [9.17, 15) is 0 Å². The Balaban J connectivity index is 0.00000320. The number of nitrogens with one attached hydrogen (secondary N) is 2. The van der Waals surface area contributed by atoms with Gasteiger partial charge in [0, 0.05) is 20.1 Å². The smallest absolute Gasteiger partial charge is 0.231 e. The van der Waals surface area contributed by atoms with Crippen molar-refractivity contribution < 1.29 is 14.2 Å². The molecule has 3 rings (SSSR count). The van der Waals surface area contributed by atoms with Crippen LogP contribution in [0.25, 0.3) is 0 Å². The van der Waals surface area contributed by atoms with Crippen LogP contribution in [0.2, 0.25) is 0 Å². The molecule has 0 aromatic heterocycles. The summed E-state index contributed by atoms with van der Waals surface area (Å²) in [6.07, 6.45) is 0.868. The number of methoxy groups -OCH3 is 1. The summed E-state index contributed by atoms with van der Waals surface area (Å²) in [5.74, 6) is 3.28. The predicted octanol–water partition coefficient (Wildman–Crippen LogP) is 3.05. The van der Waals surface area contributed by atoms with Crippen LogP contribution >= 0.6 is 24.0 Å². The molecule has 164 valence electrons. The highest BCUT2D eigenvalue weighted by Gasteiger charge is 2.15. The quantitative estimate of drug-likeness (QED) is 0.313. The van der Waals surface area contributed by atoms with E-state index in [1.54, 1.807) is 14.2 Å². The molecular formula is C22H31IN4O3. The lowest BCUT2D eigenvalue weighted by molar-refractivity contribution is 0.174. The Labute approximate surface area is 195 Å². The fraction of sp³-hybridized carbons (Fsp3) is 0.409. The molecular weight excluding hydrogens is 495 g/mol. The summed E-state index contributed by atoms with van der Waals surface area (Å²) in [5, 5.41) is 6.81. The maximum Gasteiger partial charge on any atom is 0.231 e. The zero-order chi connectivity index (χ0) is 20.6. The summed E-state index contributed by atoms with van der Waals surface area (Å²) in [4.78, 5) is 6.53. The third kappa shape index (κ3) is 6.40. The number of hydrogen-bond acceptors (Lipinski definition) is 5. The molecule has 0 aliphatic carbocycles. The molecule has 0 saturated heterocycles. The summed E-state index contributed by atoms with van der Waals surface area (Å²) < 4.78 is 16.1. The molecule has 1 aliphatic heterocycles. The molecule has 7 nitrogen and oxygen atoms in total. The van der Waals surface area contributed by atoms with E-state index < -0.39 is 0 Å². The molecule has 0 fully saturated rings. The molecule has 1 heterocycles. The van der Waals surface area contributed by atoms with Crippen LogP contribution in [0.1, 0.15) is 17.2 Å². The lowest BCUT2D eigenvalue weighted by atomic mass is 10.1. The Hall–Kier alpha value is -2.20. The van der Waals surface area contributed by atoms with Crippen molar-refractivity contribution in [2.24, 2.45) is 4.99 Å². The van der Waals surface area contributed by atoms with Crippen LogP contribution in [-0.4, -0.2) is 59.0 Å². The second kappa shape index (κ2) is 11.8. The van der Waals surface area contributed by atoms with Crippen LogP contribution in [-0.2, 0) is 6.42 Å². The molecule has 8 heteroatoms. The zero-order valence-corrected chi connectivity index (χ0v) is 20.3.